The van der Waals surface area contributed by atoms with E-state index in [1.165, 1.54) is 9.36 Å². The van der Waals surface area contributed by atoms with Crippen molar-refractivity contribution in [1.82, 2.24) is 19.6 Å². The fourth-order valence-electron chi connectivity index (χ4n) is 3.95. The number of hydrogen-bond donors (Lipinski definition) is 0. The van der Waals surface area contributed by atoms with Gasteiger partial charge in [-0.05, 0) is 61.8 Å². The summed E-state index contributed by atoms with van der Waals surface area (Å²) >= 11 is 15.9. The topological polar surface area (TPSA) is 88.2 Å². The molecule has 188 valence electrons. The van der Waals surface area contributed by atoms with E-state index >= 15 is 0 Å². The van der Waals surface area contributed by atoms with E-state index in [0.717, 1.165) is 22.6 Å². The summed E-state index contributed by atoms with van der Waals surface area (Å²) in [7, 11) is 2.87. The lowest BCUT2D eigenvalue weighted by Gasteiger charge is -2.32. The molecule has 2 aromatic carbocycles. The number of carbonyl (C=O) groups excluding carboxylic acids is 2. The summed E-state index contributed by atoms with van der Waals surface area (Å²) in [6, 6.07) is 7.30. The SMILES string of the molecule is Cn1nc2ccc(B3OC(C)(C)C(C)(C)O3)c(Cl)c2c1C=O.Cn1nc2ccc(Br)c(Cl)c2c1C=O. The van der Waals surface area contributed by atoms with E-state index in [0.29, 0.717) is 43.2 Å². The predicted molar refractivity (Wildman–Crippen MR) is 146 cm³/mol. The smallest absolute Gasteiger partial charge is 0.399 e. The van der Waals surface area contributed by atoms with Gasteiger partial charge in [-0.25, -0.2) is 0 Å². The summed E-state index contributed by atoms with van der Waals surface area (Å²) in [6.45, 7) is 7.95. The molecule has 3 heterocycles. The zero-order valence-electron chi connectivity index (χ0n) is 20.6. The monoisotopic (exact) mass is 592 g/mol. The zero-order chi connectivity index (χ0) is 26.6. The quantitative estimate of drug-likeness (QED) is 0.241. The van der Waals surface area contributed by atoms with Crippen LogP contribution in [0.4, 0.5) is 0 Å². The van der Waals surface area contributed by atoms with Crippen molar-refractivity contribution in [1.29, 1.82) is 0 Å². The van der Waals surface area contributed by atoms with Gasteiger partial charge in [-0.15, -0.1) is 0 Å². The summed E-state index contributed by atoms with van der Waals surface area (Å²) < 4.78 is 15.9. The maximum Gasteiger partial charge on any atom is 0.496 e. The molecule has 0 unspecified atom stereocenters. The number of halogens is 3. The first-order valence-corrected chi connectivity index (χ1v) is 12.6. The molecule has 1 saturated heterocycles. The van der Waals surface area contributed by atoms with Crippen molar-refractivity contribution in [3.05, 3.63) is 50.2 Å². The minimum absolute atomic E-state index is 0.443. The van der Waals surface area contributed by atoms with Gasteiger partial charge in [0.05, 0.1) is 37.7 Å². The van der Waals surface area contributed by atoms with Crippen molar-refractivity contribution in [3.63, 3.8) is 0 Å². The third-order valence-corrected chi connectivity index (χ3v) is 8.37. The van der Waals surface area contributed by atoms with Gasteiger partial charge in [-0.3, -0.25) is 19.0 Å². The Kier molecular flexibility index (Phi) is 7.13. The molecular weight excluding hydrogens is 570 g/mol. The molecule has 0 aliphatic carbocycles. The van der Waals surface area contributed by atoms with Gasteiger partial charge in [0.2, 0.25) is 0 Å². The van der Waals surface area contributed by atoms with E-state index < -0.39 is 18.3 Å². The number of fused-ring (bicyclic) bond motifs is 2. The molecule has 0 N–H and O–H groups in total. The van der Waals surface area contributed by atoms with Crippen LogP contribution in [-0.2, 0) is 23.4 Å². The highest BCUT2D eigenvalue weighted by molar-refractivity contribution is 9.10. The number of aryl methyl sites for hydroxylation is 2. The van der Waals surface area contributed by atoms with E-state index in [1.807, 2.05) is 52.0 Å². The van der Waals surface area contributed by atoms with Gasteiger partial charge < -0.3 is 9.31 Å². The van der Waals surface area contributed by atoms with Gasteiger partial charge in [0.1, 0.15) is 11.4 Å². The molecule has 4 aromatic rings. The first-order chi connectivity index (χ1) is 16.8. The van der Waals surface area contributed by atoms with Gasteiger partial charge in [-0.2, -0.15) is 10.2 Å². The van der Waals surface area contributed by atoms with E-state index in [9.17, 15) is 9.59 Å². The molecular formula is C24H24BBrCl2N4O4. The minimum atomic E-state index is -0.568. The van der Waals surface area contributed by atoms with E-state index in [1.54, 1.807) is 14.1 Å². The molecule has 36 heavy (non-hydrogen) atoms. The second kappa shape index (κ2) is 9.57. The Morgan fingerprint density at radius 2 is 1.28 bits per heavy atom. The van der Waals surface area contributed by atoms with Crippen LogP contribution in [0.2, 0.25) is 10.0 Å². The standard InChI is InChI=1S/C15H18BClN2O3.C9H6BrClN2O/c1-14(2)15(3,4)22-16(21-14)9-6-7-10-12(13(9)17)11(8-20)19(5)18-10;1-13-7(4-14)8-6(12-13)3-2-5(10)9(8)11/h6-8H,1-5H3;2-4H,1H3. The number of benzene rings is 2. The van der Waals surface area contributed by atoms with Crippen molar-refractivity contribution in [2.45, 2.75) is 38.9 Å². The van der Waals surface area contributed by atoms with Gasteiger partial charge in [-0.1, -0.05) is 29.3 Å². The van der Waals surface area contributed by atoms with Crippen LogP contribution in [-0.4, -0.2) is 50.5 Å². The molecule has 0 bridgehead atoms. The van der Waals surface area contributed by atoms with Gasteiger partial charge in [0, 0.05) is 29.4 Å². The first kappa shape index (κ1) is 26.8. The highest BCUT2D eigenvalue weighted by atomic mass is 79.9. The van der Waals surface area contributed by atoms with Crippen LogP contribution >= 0.6 is 39.1 Å². The Morgan fingerprint density at radius 1 is 0.833 bits per heavy atom. The van der Waals surface area contributed by atoms with E-state index in [-0.39, 0.29) is 0 Å². The predicted octanol–water partition coefficient (Wildman–Crippen LogP) is 5.14. The molecule has 1 fully saturated rings. The number of nitrogens with zero attached hydrogens (tertiary/aromatic N) is 4. The molecule has 8 nitrogen and oxygen atoms in total. The maximum atomic E-state index is 11.3. The molecule has 1 aliphatic heterocycles. The van der Waals surface area contributed by atoms with Crippen LogP contribution in [0.25, 0.3) is 21.8 Å². The number of aldehydes is 2. The van der Waals surface area contributed by atoms with Crippen LogP contribution in [0, 0.1) is 0 Å². The second-order valence-electron chi connectivity index (χ2n) is 9.46. The Labute approximate surface area is 227 Å². The first-order valence-electron chi connectivity index (χ1n) is 11.0. The maximum absolute atomic E-state index is 11.3. The largest absolute Gasteiger partial charge is 0.496 e. The normalized spacial score (nSPS) is 16.3. The molecule has 2 aromatic heterocycles. The summed E-state index contributed by atoms with van der Waals surface area (Å²) in [6.07, 6.45) is 1.52. The number of carbonyl (C=O) groups is 2. The van der Waals surface area contributed by atoms with Crippen LogP contribution in [0.15, 0.2) is 28.7 Å². The lowest BCUT2D eigenvalue weighted by Crippen LogP contribution is -2.41. The van der Waals surface area contributed by atoms with Gasteiger partial charge in [0.25, 0.3) is 0 Å². The number of rotatable bonds is 3. The Morgan fingerprint density at radius 3 is 1.75 bits per heavy atom. The number of hydrogen-bond acceptors (Lipinski definition) is 6. The van der Waals surface area contributed by atoms with E-state index in [4.69, 9.17) is 32.5 Å². The van der Waals surface area contributed by atoms with Crippen molar-refractivity contribution in [2.75, 3.05) is 0 Å². The van der Waals surface area contributed by atoms with Gasteiger partial charge >= 0.3 is 7.12 Å². The van der Waals surface area contributed by atoms with E-state index in [2.05, 4.69) is 26.1 Å². The average molecular weight is 594 g/mol. The fraction of sp³-hybridized carbons (Fsp3) is 0.333. The van der Waals surface area contributed by atoms with Crippen molar-refractivity contribution < 1.29 is 18.9 Å². The molecule has 1 aliphatic rings. The molecule has 0 saturated carbocycles. The van der Waals surface area contributed by atoms with Crippen molar-refractivity contribution >= 4 is 86.1 Å². The Bertz CT molecular complexity index is 1500. The lowest BCUT2D eigenvalue weighted by atomic mass is 9.78. The van der Waals surface area contributed by atoms with Crippen LogP contribution < -0.4 is 5.46 Å². The van der Waals surface area contributed by atoms with Crippen molar-refractivity contribution in [3.8, 4) is 0 Å². The zero-order valence-corrected chi connectivity index (χ0v) is 23.7. The third kappa shape index (κ3) is 4.39. The Hall–Kier alpha value is -2.24. The third-order valence-electron chi connectivity index (χ3n) is 6.68. The summed E-state index contributed by atoms with van der Waals surface area (Å²) in [4.78, 5) is 22.1. The second-order valence-corrected chi connectivity index (χ2v) is 11.1. The number of aromatic nitrogens is 4. The fourth-order valence-corrected chi connectivity index (χ4v) is 4.89. The molecule has 5 rings (SSSR count). The molecule has 0 spiro atoms. The Balaban J connectivity index is 0.000000187. The van der Waals surface area contributed by atoms with Crippen LogP contribution in [0.5, 0.6) is 0 Å². The minimum Gasteiger partial charge on any atom is -0.399 e. The lowest BCUT2D eigenvalue weighted by molar-refractivity contribution is 0.00578. The average Bonchev–Trinajstić information content (AvgIpc) is 3.38. The highest BCUT2D eigenvalue weighted by Crippen LogP contribution is 2.38. The summed E-state index contributed by atoms with van der Waals surface area (Å²) in [5.41, 5.74) is 2.16. The molecule has 0 amide bonds. The van der Waals surface area contributed by atoms with Gasteiger partial charge in [0.15, 0.2) is 12.6 Å². The highest BCUT2D eigenvalue weighted by Gasteiger charge is 2.52. The molecule has 0 atom stereocenters. The summed E-state index contributed by atoms with van der Waals surface area (Å²) in [5, 5.41) is 10.8. The van der Waals surface area contributed by atoms with Crippen molar-refractivity contribution in [2.24, 2.45) is 14.1 Å². The summed E-state index contributed by atoms with van der Waals surface area (Å²) in [5.74, 6) is 0. The molecule has 12 heteroatoms. The molecule has 0 radical (unpaired) electrons. The van der Waals surface area contributed by atoms with Crippen LogP contribution in [0.3, 0.4) is 0 Å². The van der Waals surface area contributed by atoms with Crippen LogP contribution in [0.1, 0.15) is 48.7 Å².